The minimum absolute atomic E-state index is 0.0582. The van der Waals surface area contributed by atoms with E-state index in [-0.39, 0.29) is 23.7 Å². The monoisotopic (exact) mass is 331 g/mol. The quantitative estimate of drug-likeness (QED) is 0.674. The van der Waals surface area contributed by atoms with E-state index in [2.05, 4.69) is 30.5 Å². The highest BCUT2D eigenvalue weighted by Crippen LogP contribution is 2.35. The summed E-state index contributed by atoms with van der Waals surface area (Å²) in [5.74, 6) is -0.0902. The number of carbonyl (C=O) groups excluding carboxylic acids is 2. The summed E-state index contributed by atoms with van der Waals surface area (Å²) < 4.78 is 0. The molecule has 0 aromatic carbocycles. The van der Waals surface area contributed by atoms with Crippen LogP contribution in [0.3, 0.4) is 0 Å². The minimum Gasteiger partial charge on any atom is -0.311 e. The van der Waals surface area contributed by atoms with Crippen molar-refractivity contribution >= 4 is 23.2 Å². The lowest BCUT2D eigenvalue weighted by Crippen LogP contribution is -3.14. The number of thiophene rings is 1. The highest BCUT2D eigenvalue weighted by molar-refractivity contribution is 7.10. The van der Waals surface area contributed by atoms with Gasteiger partial charge in [0.15, 0.2) is 6.67 Å². The Kier molecular flexibility index (Phi) is 3.85. The molecule has 1 aromatic heterocycles. The number of hydrogen-bond donors (Lipinski definition) is 1. The van der Waals surface area contributed by atoms with Crippen LogP contribution in [0.15, 0.2) is 23.6 Å². The molecule has 1 fully saturated rings. The van der Waals surface area contributed by atoms with Crippen molar-refractivity contribution in [3.05, 3.63) is 34.0 Å². The Hall–Kier alpha value is -1.46. The molecule has 1 aromatic rings. The number of allylic oxidation sites excluding steroid dienone is 2. The van der Waals surface area contributed by atoms with Crippen LogP contribution in [0, 0.1) is 11.8 Å². The third-order valence-corrected chi connectivity index (χ3v) is 6.69. The first kappa shape index (κ1) is 15.1. The van der Waals surface area contributed by atoms with Crippen molar-refractivity contribution in [3.63, 3.8) is 0 Å². The van der Waals surface area contributed by atoms with Crippen molar-refractivity contribution in [3.8, 4) is 0 Å². The van der Waals surface area contributed by atoms with Gasteiger partial charge >= 0.3 is 0 Å². The molecule has 5 heteroatoms. The van der Waals surface area contributed by atoms with Crippen LogP contribution in [0.4, 0.5) is 0 Å². The summed E-state index contributed by atoms with van der Waals surface area (Å²) in [7, 11) is 0. The molecule has 4 atom stereocenters. The number of rotatable bonds is 3. The second kappa shape index (κ2) is 5.87. The van der Waals surface area contributed by atoms with Crippen LogP contribution in [-0.4, -0.2) is 29.9 Å². The van der Waals surface area contributed by atoms with Crippen molar-refractivity contribution in [2.75, 3.05) is 13.2 Å². The molecule has 0 radical (unpaired) electrons. The number of imide groups is 1. The Bertz CT molecular complexity index is 640. The lowest BCUT2D eigenvalue weighted by molar-refractivity contribution is -0.940. The van der Waals surface area contributed by atoms with Crippen molar-refractivity contribution in [2.24, 2.45) is 11.8 Å². The smallest absolute Gasteiger partial charge is 0.237 e. The maximum absolute atomic E-state index is 12.7. The van der Waals surface area contributed by atoms with Crippen LogP contribution in [-0.2, 0) is 16.0 Å². The lowest BCUT2D eigenvalue weighted by atomic mass is 9.85. The van der Waals surface area contributed by atoms with Gasteiger partial charge in [0, 0.05) is 23.3 Å². The van der Waals surface area contributed by atoms with Gasteiger partial charge in [-0.1, -0.05) is 19.1 Å². The minimum atomic E-state index is -0.103. The molecule has 1 N–H and O–H groups in total. The zero-order valence-corrected chi connectivity index (χ0v) is 14.3. The Morgan fingerprint density at radius 3 is 2.57 bits per heavy atom. The summed E-state index contributed by atoms with van der Waals surface area (Å²) in [5, 5.41) is 2.17. The van der Waals surface area contributed by atoms with Crippen LogP contribution in [0.2, 0.25) is 0 Å². The number of carbonyl (C=O) groups is 2. The Labute approximate surface area is 140 Å². The third-order valence-electron chi connectivity index (χ3n) is 5.69. The number of likely N-dealkylation sites (tertiary alicyclic amines) is 1. The molecular weight excluding hydrogens is 308 g/mol. The van der Waals surface area contributed by atoms with Gasteiger partial charge in [-0.3, -0.25) is 9.59 Å². The maximum Gasteiger partial charge on any atom is 0.237 e. The average molecular weight is 331 g/mol. The molecule has 122 valence electrons. The molecule has 0 bridgehead atoms. The summed E-state index contributed by atoms with van der Waals surface area (Å²) in [4.78, 5) is 29.8. The fraction of sp³-hybridized carbons (Fsp3) is 0.556. The fourth-order valence-corrected chi connectivity index (χ4v) is 5.40. The van der Waals surface area contributed by atoms with Gasteiger partial charge in [-0.15, -0.1) is 11.3 Å². The number of amides is 2. The van der Waals surface area contributed by atoms with Crippen LogP contribution in [0.25, 0.3) is 0 Å². The highest BCUT2D eigenvalue weighted by Gasteiger charge is 2.49. The predicted octanol–water partition coefficient (Wildman–Crippen LogP) is 1.55. The average Bonchev–Trinajstić information content (AvgIpc) is 3.14. The normalized spacial score (nSPS) is 33.0. The molecule has 4 nitrogen and oxygen atoms in total. The van der Waals surface area contributed by atoms with Crippen molar-refractivity contribution < 1.29 is 14.5 Å². The number of nitrogens with one attached hydrogen (secondary N) is 1. The van der Waals surface area contributed by atoms with E-state index in [1.165, 1.54) is 15.3 Å². The standard InChI is InChI=1S/C18H22N2O2S/c1-2-15-14-8-10-23-16(14)7-9-19(15)11-20-17(21)12-5-3-4-6-13(12)18(20)22/h3-4,8,10,12-13,15H,2,5-7,9,11H2,1H3/p+1/t12-,13+,15-/m1/s1. The Morgan fingerprint density at radius 2 is 1.91 bits per heavy atom. The van der Waals surface area contributed by atoms with E-state index in [4.69, 9.17) is 0 Å². The van der Waals surface area contributed by atoms with Gasteiger partial charge in [-0.2, -0.15) is 0 Å². The maximum atomic E-state index is 12.7. The molecule has 3 aliphatic rings. The van der Waals surface area contributed by atoms with Crippen LogP contribution < -0.4 is 4.90 Å². The largest absolute Gasteiger partial charge is 0.311 e. The molecule has 1 aliphatic carbocycles. The molecule has 1 saturated heterocycles. The molecular formula is C18H23N2O2S+. The molecule has 4 rings (SSSR count). The molecule has 2 aliphatic heterocycles. The van der Waals surface area contributed by atoms with Crippen molar-refractivity contribution in [1.82, 2.24) is 4.90 Å². The molecule has 23 heavy (non-hydrogen) atoms. The molecule has 0 saturated carbocycles. The summed E-state index contributed by atoms with van der Waals surface area (Å²) in [6.45, 7) is 3.75. The summed E-state index contributed by atoms with van der Waals surface area (Å²) >= 11 is 1.84. The van der Waals surface area contributed by atoms with E-state index in [0.29, 0.717) is 12.7 Å². The molecule has 1 unspecified atom stereocenters. The van der Waals surface area contributed by atoms with Gasteiger partial charge in [0.2, 0.25) is 11.8 Å². The summed E-state index contributed by atoms with van der Waals surface area (Å²) in [6.07, 6.45) is 7.67. The predicted molar refractivity (Wildman–Crippen MR) is 89.0 cm³/mol. The van der Waals surface area contributed by atoms with E-state index >= 15 is 0 Å². The first-order chi connectivity index (χ1) is 11.2. The van der Waals surface area contributed by atoms with Crippen LogP contribution in [0.1, 0.15) is 42.7 Å². The van der Waals surface area contributed by atoms with Crippen LogP contribution >= 0.6 is 11.3 Å². The molecule has 0 spiro atoms. The van der Waals surface area contributed by atoms with Crippen molar-refractivity contribution in [2.45, 2.75) is 38.6 Å². The number of fused-ring (bicyclic) bond motifs is 2. The number of nitrogens with zero attached hydrogens (tertiary/aromatic N) is 1. The summed E-state index contributed by atoms with van der Waals surface area (Å²) in [6, 6.07) is 2.64. The third kappa shape index (κ3) is 2.37. The van der Waals surface area contributed by atoms with E-state index in [0.717, 1.165) is 32.2 Å². The van der Waals surface area contributed by atoms with Gasteiger partial charge in [0.05, 0.1) is 18.4 Å². The first-order valence-electron chi connectivity index (χ1n) is 8.61. The zero-order valence-electron chi connectivity index (χ0n) is 13.5. The van der Waals surface area contributed by atoms with Gasteiger partial charge in [-0.05, 0) is 24.3 Å². The van der Waals surface area contributed by atoms with E-state index in [1.54, 1.807) is 4.90 Å². The van der Waals surface area contributed by atoms with E-state index in [1.807, 2.05) is 11.3 Å². The first-order valence-corrected chi connectivity index (χ1v) is 9.49. The molecule has 2 amide bonds. The highest BCUT2D eigenvalue weighted by atomic mass is 32.1. The fourth-order valence-electron chi connectivity index (χ4n) is 4.46. The van der Waals surface area contributed by atoms with Gasteiger partial charge < -0.3 is 4.90 Å². The number of quaternary nitrogens is 1. The Balaban J connectivity index is 1.54. The SMILES string of the molecule is CC[C@@H]1c2ccsc2CC[NH+]1CN1C(=O)[C@H]2CC=CC[C@H]2C1=O. The second-order valence-corrected chi connectivity index (χ2v) is 7.84. The summed E-state index contributed by atoms with van der Waals surface area (Å²) in [5.41, 5.74) is 1.43. The topological polar surface area (TPSA) is 41.8 Å². The van der Waals surface area contributed by atoms with E-state index in [9.17, 15) is 9.59 Å². The van der Waals surface area contributed by atoms with Gasteiger partial charge in [-0.25, -0.2) is 4.90 Å². The van der Waals surface area contributed by atoms with Crippen LogP contribution in [0.5, 0.6) is 0 Å². The Morgan fingerprint density at radius 1 is 1.22 bits per heavy atom. The van der Waals surface area contributed by atoms with Gasteiger partial charge in [0.25, 0.3) is 0 Å². The van der Waals surface area contributed by atoms with Crippen molar-refractivity contribution in [1.29, 1.82) is 0 Å². The molecule has 3 heterocycles. The lowest BCUT2D eigenvalue weighted by Gasteiger charge is -2.34. The zero-order chi connectivity index (χ0) is 16.0. The van der Waals surface area contributed by atoms with E-state index < -0.39 is 0 Å². The second-order valence-electron chi connectivity index (χ2n) is 6.84. The number of hydrogen-bond acceptors (Lipinski definition) is 3. The van der Waals surface area contributed by atoms with Gasteiger partial charge in [0.1, 0.15) is 6.04 Å².